The van der Waals surface area contributed by atoms with E-state index in [1.165, 1.54) is 39.1 Å². The first-order valence-corrected chi connectivity index (χ1v) is 19.2. The van der Waals surface area contributed by atoms with Crippen LogP contribution >= 0.6 is 0 Å². The first kappa shape index (κ1) is 39.0. The number of ether oxygens (including phenoxy) is 1. The van der Waals surface area contributed by atoms with Crippen LogP contribution in [0.15, 0.2) is 85.6 Å². The number of aryl methyl sites for hydroxylation is 5. The maximum atomic E-state index is 6.70. The van der Waals surface area contributed by atoms with Gasteiger partial charge in [-0.05, 0) is 105 Å². The Hall–Kier alpha value is -4.76. The molecule has 4 aromatic carbocycles. The Morgan fingerprint density at radius 2 is 1.54 bits per heavy atom. The molecule has 0 aliphatic carbocycles. The van der Waals surface area contributed by atoms with E-state index in [-0.39, 0.29) is 20.4 Å². The first-order chi connectivity index (χ1) is 25.7. The minimum Gasteiger partial charge on any atom is -0.509 e. The van der Waals surface area contributed by atoms with Gasteiger partial charge in [0.15, 0.2) is 0 Å². The molecule has 0 atom stereocenters. The van der Waals surface area contributed by atoms with Crippen LogP contribution in [0.5, 0.6) is 11.5 Å². The van der Waals surface area contributed by atoms with Crippen LogP contribution in [0.4, 0.5) is 0 Å². The predicted octanol–water partition coefficient (Wildman–Crippen LogP) is 12.6. The molecule has 0 amide bonds. The van der Waals surface area contributed by atoms with Gasteiger partial charge in [0.25, 0.3) is 0 Å². The van der Waals surface area contributed by atoms with Crippen LogP contribution < -0.4 is 4.74 Å². The van der Waals surface area contributed by atoms with E-state index in [0.29, 0.717) is 11.5 Å². The summed E-state index contributed by atoms with van der Waals surface area (Å²) in [5, 5.41) is 7.60. The standard InChI is InChI=1S/C48H50N4O.Pd/c1-9-12-17-35-22-23-49-46(26-35)51-43-19-14-13-18-40(43)41-21-20-38(30-45(41)51)53-39-28-36(31(4)5)27-37(29-39)52-44(16-11-3)48(42(50-52)15-10-2)47-33(7)24-32(6)25-34(47)8;/h13-14,18-28H,4,9-12,15-17H2,1-3,5-8H3;/q-2;+2. The van der Waals surface area contributed by atoms with E-state index in [9.17, 15) is 0 Å². The number of benzene rings is 4. The van der Waals surface area contributed by atoms with Crippen LogP contribution in [-0.4, -0.2) is 19.3 Å². The van der Waals surface area contributed by atoms with Crippen molar-refractivity contribution >= 4 is 27.4 Å². The summed E-state index contributed by atoms with van der Waals surface area (Å²) in [6.07, 6.45) is 9.04. The Balaban J connectivity index is 0.00000497. The molecule has 7 rings (SSSR count). The normalized spacial score (nSPS) is 11.3. The zero-order valence-electron chi connectivity index (χ0n) is 32.7. The zero-order valence-corrected chi connectivity index (χ0v) is 34.2. The molecule has 0 bridgehead atoms. The molecule has 0 aliphatic rings. The van der Waals surface area contributed by atoms with Crippen LogP contribution in [0.3, 0.4) is 0 Å². The van der Waals surface area contributed by atoms with E-state index >= 15 is 0 Å². The van der Waals surface area contributed by atoms with E-state index < -0.39 is 0 Å². The van der Waals surface area contributed by atoms with Gasteiger partial charge in [0, 0.05) is 34.5 Å². The molecule has 0 saturated carbocycles. The monoisotopic (exact) mass is 804 g/mol. The number of rotatable bonds is 13. The fourth-order valence-electron chi connectivity index (χ4n) is 7.80. The Bertz CT molecular complexity index is 2440. The van der Waals surface area contributed by atoms with Gasteiger partial charge in [-0.2, -0.15) is 11.2 Å². The summed E-state index contributed by atoms with van der Waals surface area (Å²) in [4.78, 5) is 4.84. The Labute approximate surface area is 334 Å². The van der Waals surface area contributed by atoms with Crippen LogP contribution in [0.2, 0.25) is 0 Å². The molecule has 0 radical (unpaired) electrons. The third kappa shape index (κ3) is 7.61. The third-order valence-corrected chi connectivity index (χ3v) is 10.1. The molecular formula is C48H50N4OPd. The zero-order chi connectivity index (χ0) is 37.2. The Morgan fingerprint density at radius 3 is 2.26 bits per heavy atom. The number of para-hydroxylation sites is 1. The summed E-state index contributed by atoms with van der Waals surface area (Å²) in [5.41, 5.74) is 14.8. The molecule has 54 heavy (non-hydrogen) atoms. The number of nitrogens with zero attached hydrogens (tertiary/aromatic N) is 4. The molecule has 0 aliphatic heterocycles. The van der Waals surface area contributed by atoms with E-state index in [2.05, 4.69) is 130 Å². The van der Waals surface area contributed by atoms with Gasteiger partial charge < -0.3 is 9.30 Å². The Kier molecular flexibility index (Phi) is 12.1. The summed E-state index contributed by atoms with van der Waals surface area (Å²) in [6.45, 7) is 19.7. The van der Waals surface area contributed by atoms with Crippen LogP contribution in [0.1, 0.15) is 92.6 Å². The van der Waals surface area contributed by atoms with Gasteiger partial charge in [-0.3, -0.25) is 4.68 Å². The molecule has 3 heterocycles. The quantitative estimate of drug-likeness (QED) is 0.0861. The molecule has 0 fully saturated rings. The third-order valence-electron chi connectivity index (χ3n) is 10.1. The molecule has 7 aromatic rings. The van der Waals surface area contributed by atoms with E-state index in [4.69, 9.17) is 14.8 Å². The Morgan fingerprint density at radius 1 is 0.778 bits per heavy atom. The number of fused-ring (bicyclic) bond motifs is 3. The minimum absolute atomic E-state index is 0. The molecule has 278 valence electrons. The molecule has 0 saturated heterocycles. The first-order valence-electron chi connectivity index (χ1n) is 19.2. The van der Waals surface area contributed by atoms with Crippen LogP contribution in [-0.2, 0) is 39.7 Å². The smallest absolute Gasteiger partial charge is 0.509 e. The van der Waals surface area contributed by atoms with Crippen LogP contribution in [0.25, 0.3) is 50.0 Å². The van der Waals surface area contributed by atoms with Gasteiger partial charge in [0.1, 0.15) is 5.82 Å². The number of pyridine rings is 1. The van der Waals surface area contributed by atoms with Crippen molar-refractivity contribution in [3.05, 3.63) is 137 Å². The minimum atomic E-state index is 0. The summed E-state index contributed by atoms with van der Waals surface area (Å²) < 4.78 is 11.0. The summed E-state index contributed by atoms with van der Waals surface area (Å²) in [6, 6.07) is 32.9. The van der Waals surface area contributed by atoms with E-state index in [0.717, 1.165) is 95.1 Å². The molecule has 5 nitrogen and oxygen atoms in total. The number of hydrogen-bond donors (Lipinski definition) is 0. The molecule has 3 aromatic heterocycles. The molecule has 0 N–H and O–H groups in total. The van der Waals surface area contributed by atoms with Crippen LogP contribution in [0, 0.1) is 32.9 Å². The van der Waals surface area contributed by atoms with Gasteiger partial charge in [-0.1, -0.05) is 93.6 Å². The van der Waals surface area contributed by atoms with Crippen molar-refractivity contribution in [1.29, 1.82) is 0 Å². The SMILES string of the molecule is C=C(C)c1cc(Oc2[c-]c3c(cc2)c2ccccc2n3-c2cc(CCCC)ccn2)[c-]c(-n2nc(CCC)c(-c3c(C)cc(C)cc3C)c2CCC)c1.[Pd+2]. The number of hydrogen-bond acceptors (Lipinski definition) is 3. The van der Waals surface area contributed by atoms with Crippen molar-refractivity contribution < 1.29 is 25.2 Å². The van der Waals surface area contributed by atoms with Crippen molar-refractivity contribution in [3.63, 3.8) is 0 Å². The summed E-state index contributed by atoms with van der Waals surface area (Å²) in [7, 11) is 0. The predicted molar refractivity (Wildman–Crippen MR) is 221 cm³/mol. The maximum Gasteiger partial charge on any atom is 2.00 e. The molecule has 6 heteroatoms. The van der Waals surface area contributed by atoms with Gasteiger partial charge in [0.05, 0.1) is 5.69 Å². The van der Waals surface area contributed by atoms with Crippen molar-refractivity contribution in [1.82, 2.24) is 19.3 Å². The van der Waals surface area contributed by atoms with Gasteiger partial charge in [-0.15, -0.1) is 41.3 Å². The van der Waals surface area contributed by atoms with Gasteiger partial charge in [-0.25, -0.2) is 4.98 Å². The van der Waals surface area contributed by atoms with Gasteiger partial charge in [0.2, 0.25) is 0 Å². The van der Waals surface area contributed by atoms with Crippen molar-refractivity contribution in [2.45, 2.75) is 93.4 Å². The topological polar surface area (TPSA) is 44.9 Å². The molecule has 0 unspecified atom stereocenters. The molecule has 0 spiro atoms. The van der Waals surface area contributed by atoms with Crippen molar-refractivity contribution in [2.75, 3.05) is 0 Å². The second-order valence-electron chi connectivity index (χ2n) is 14.5. The average Bonchev–Trinajstić information content (AvgIpc) is 3.65. The van der Waals surface area contributed by atoms with E-state index in [1.807, 2.05) is 25.3 Å². The molecular weight excluding hydrogens is 755 g/mol. The fourth-order valence-corrected chi connectivity index (χ4v) is 7.80. The second kappa shape index (κ2) is 16.7. The number of allylic oxidation sites excluding steroid dienone is 1. The number of unbranched alkanes of at least 4 members (excludes halogenated alkanes) is 1. The largest absolute Gasteiger partial charge is 2.00 e. The average molecular weight is 805 g/mol. The van der Waals surface area contributed by atoms with Crippen molar-refractivity contribution in [3.8, 4) is 34.1 Å². The summed E-state index contributed by atoms with van der Waals surface area (Å²) >= 11 is 0. The fraction of sp³-hybridized carbons (Fsp3) is 0.292. The van der Waals surface area contributed by atoms with Gasteiger partial charge >= 0.3 is 20.4 Å². The van der Waals surface area contributed by atoms with E-state index in [1.54, 1.807) is 0 Å². The van der Waals surface area contributed by atoms with Crippen molar-refractivity contribution in [2.24, 2.45) is 0 Å². The maximum absolute atomic E-state index is 6.70. The second-order valence-corrected chi connectivity index (χ2v) is 14.5. The summed E-state index contributed by atoms with van der Waals surface area (Å²) in [5.74, 6) is 2.09. The number of aromatic nitrogens is 4.